The highest BCUT2D eigenvalue weighted by Crippen LogP contribution is 2.30. The van der Waals surface area contributed by atoms with Crippen LogP contribution in [-0.4, -0.2) is 81.4 Å². The second-order valence-corrected chi connectivity index (χ2v) is 9.45. The van der Waals surface area contributed by atoms with Gasteiger partial charge in [-0.1, -0.05) is 0 Å². The number of aromatic nitrogens is 2. The number of amides is 4. The highest BCUT2D eigenvalue weighted by molar-refractivity contribution is 6.03. The largest absolute Gasteiger partial charge is 0.494 e. The summed E-state index contributed by atoms with van der Waals surface area (Å²) in [6, 6.07) is 5.61. The predicted octanol–water partition coefficient (Wildman–Crippen LogP) is 2.03. The number of aliphatic hydroxyl groups is 1. The van der Waals surface area contributed by atoms with E-state index in [9.17, 15) is 28.3 Å². The van der Waals surface area contributed by atoms with E-state index in [4.69, 9.17) is 10.5 Å². The van der Waals surface area contributed by atoms with Crippen LogP contribution in [0.15, 0.2) is 36.5 Å². The summed E-state index contributed by atoms with van der Waals surface area (Å²) in [4.78, 5) is 42.8. The van der Waals surface area contributed by atoms with Crippen LogP contribution in [0.5, 0.6) is 5.75 Å². The van der Waals surface area contributed by atoms with Crippen molar-refractivity contribution in [3.63, 3.8) is 0 Å². The first kappa shape index (κ1) is 29.4. The number of nitrogens with two attached hydrogens (primary N) is 1. The first-order valence-corrected chi connectivity index (χ1v) is 12.7. The molecule has 0 aliphatic carbocycles. The number of aryl methyl sites for hydroxylation is 1. The number of halogens is 2. The molecular weight excluding hydrogens is 540 g/mol. The Balaban J connectivity index is 1.54. The van der Waals surface area contributed by atoms with Gasteiger partial charge in [-0.3, -0.25) is 9.59 Å². The van der Waals surface area contributed by atoms with Crippen LogP contribution in [0, 0.1) is 18.6 Å². The molecule has 0 bridgehead atoms. The predicted molar refractivity (Wildman–Crippen MR) is 145 cm³/mol. The van der Waals surface area contributed by atoms with Crippen LogP contribution in [0.1, 0.15) is 33.5 Å². The Kier molecular flexibility index (Phi) is 8.54. The van der Waals surface area contributed by atoms with E-state index in [1.807, 2.05) is 0 Å². The number of ether oxygens (including phenoxy) is 1. The highest BCUT2D eigenvalue weighted by atomic mass is 19.2. The molecule has 12 nitrogen and oxygen atoms in total. The summed E-state index contributed by atoms with van der Waals surface area (Å²) in [5.74, 6) is -3.73. The van der Waals surface area contributed by atoms with Gasteiger partial charge >= 0.3 is 6.03 Å². The van der Waals surface area contributed by atoms with Crippen molar-refractivity contribution in [2.24, 2.45) is 12.8 Å². The molecule has 41 heavy (non-hydrogen) atoms. The lowest BCUT2D eigenvalue weighted by Gasteiger charge is -2.38. The number of benzene rings is 2. The van der Waals surface area contributed by atoms with Gasteiger partial charge in [-0.2, -0.15) is 4.39 Å². The molecule has 2 aromatic carbocycles. The number of anilines is 1. The maximum atomic E-state index is 14.6. The quantitative estimate of drug-likeness (QED) is 0.316. The topological polar surface area (TPSA) is 155 Å². The summed E-state index contributed by atoms with van der Waals surface area (Å²) in [6.45, 7) is 3.99. The monoisotopic (exact) mass is 571 g/mol. The average Bonchev–Trinajstić information content (AvgIpc) is 3.53. The van der Waals surface area contributed by atoms with Gasteiger partial charge in [-0.15, -0.1) is 0 Å². The molecule has 4 amide bonds. The number of aliphatic hydroxyl groups excluding tert-OH is 1. The maximum Gasteiger partial charge on any atom is 0.334 e. The maximum absolute atomic E-state index is 14.6. The van der Waals surface area contributed by atoms with E-state index in [0.29, 0.717) is 11.3 Å². The Hall–Kier alpha value is -4.56. The third-order valence-electron chi connectivity index (χ3n) is 6.93. The summed E-state index contributed by atoms with van der Waals surface area (Å²) in [7, 11) is 2.72. The minimum Gasteiger partial charge on any atom is -0.494 e. The molecule has 1 aliphatic heterocycles. The zero-order valence-electron chi connectivity index (χ0n) is 22.9. The number of rotatable bonds is 7. The number of primary amides is 1. The zero-order valence-corrected chi connectivity index (χ0v) is 22.9. The molecule has 5 N–H and O–H groups in total. The fourth-order valence-electron chi connectivity index (χ4n) is 4.82. The summed E-state index contributed by atoms with van der Waals surface area (Å²) >= 11 is 0. The Bertz CT molecular complexity index is 1490. The molecule has 1 aromatic heterocycles. The smallest absolute Gasteiger partial charge is 0.334 e. The van der Waals surface area contributed by atoms with Crippen molar-refractivity contribution in [1.82, 2.24) is 24.9 Å². The van der Waals surface area contributed by atoms with Gasteiger partial charge in [0, 0.05) is 43.5 Å². The molecule has 1 aliphatic rings. The molecule has 0 spiro atoms. The first-order valence-electron chi connectivity index (χ1n) is 12.7. The number of hydrogen-bond donors (Lipinski definition) is 4. The lowest BCUT2D eigenvalue weighted by Crippen LogP contribution is -2.59. The third-order valence-corrected chi connectivity index (χ3v) is 6.93. The standard InChI is InChI=1S/C27H31F2N7O5/c1-5-35(36(27(30)40)19-11-31-13-20(19)37)26(39)16-7-6-15(10-14(16)2)33-25(38)24-32-12-18(34(24)3)17-8-9-21(41-4)23(29)22(17)28/h6-10,12,19-20,31,37H,5,11,13H2,1-4H3,(H2,30,40)(H,33,38)/t19-,20-/m0/s1. The normalized spacial score (nSPS) is 16.4. The fourth-order valence-corrected chi connectivity index (χ4v) is 4.82. The Morgan fingerprint density at radius 1 is 1.22 bits per heavy atom. The zero-order chi connectivity index (χ0) is 30.0. The van der Waals surface area contributed by atoms with E-state index in [1.165, 1.54) is 54.2 Å². The number of carbonyl (C=O) groups is 3. The Labute approximate surface area is 234 Å². The van der Waals surface area contributed by atoms with Crippen molar-refractivity contribution in [3.8, 4) is 17.0 Å². The molecule has 2 heterocycles. The molecule has 1 saturated heterocycles. The molecule has 0 radical (unpaired) electrons. The van der Waals surface area contributed by atoms with Crippen LogP contribution in [0.2, 0.25) is 0 Å². The van der Waals surface area contributed by atoms with Gasteiger partial charge in [-0.05, 0) is 49.7 Å². The fraction of sp³-hybridized carbons (Fsp3) is 0.333. The third kappa shape index (κ3) is 5.56. The summed E-state index contributed by atoms with van der Waals surface area (Å²) in [5.41, 5.74) is 6.76. The van der Waals surface area contributed by atoms with Gasteiger partial charge in [-0.25, -0.2) is 24.2 Å². The van der Waals surface area contributed by atoms with Crippen LogP contribution in [-0.2, 0) is 7.05 Å². The second-order valence-electron chi connectivity index (χ2n) is 9.45. The number of methoxy groups -OCH3 is 1. The van der Waals surface area contributed by atoms with E-state index in [0.717, 1.165) is 5.01 Å². The van der Waals surface area contributed by atoms with Gasteiger partial charge in [0.25, 0.3) is 11.8 Å². The highest BCUT2D eigenvalue weighted by Gasteiger charge is 2.38. The molecule has 14 heteroatoms. The van der Waals surface area contributed by atoms with Crippen molar-refractivity contribution in [1.29, 1.82) is 0 Å². The van der Waals surface area contributed by atoms with Crippen molar-refractivity contribution in [2.75, 3.05) is 32.1 Å². The van der Waals surface area contributed by atoms with E-state index in [2.05, 4.69) is 15.6 Å². The van der Waals surface area contributed by atoms with Crippen LogP contribution in [0.4, 0.5) is 19.3 Å². The molecule has 4 rings (SSSR count). The van der Waals surface area contributed by atoms with E-state index < -0.39 is 41.6 Å². The Morgan fingerprint density at radius 3 is 2.54 bits per heavy atom. The number of nitrogens with zero attached hydrogens (tertiary/aromatic N) is 4. The van der Waals surface area contributed by atoms with Gasteiger partial charge in [0.1, 0.15) is 0 Å². The van der Waals surface area contributed by atoms with Crippen molar-refractivity contribution < 1.29 is 33.0 Å². The number of hydrogen-bond acceptors (Lipinski definition) is 7. The lowest BCUT2D eigenvalue weighted by molar-refractivity contribution is -0.0243. The SMILES string of the molecule is CCN(C(=O)c1ccc(NC(=O)c2ncc(-c3ccc(OC)c(F)c3F)n2C)cc1C)N(C(N)=O)[C@H]1CNC[C@@H]1O. The number of nitrogens with one attached hydrogen (secondary N) is 2. The number of urea groups is 1. The number of carbonyl (C=O) groups excluding carboxylic acids is 3. The van der Waals surface area contributed by atoms with Gasteiger partial charge in [0.2, 0.25) is 5.82 Å². The summed E-state index contributed by atoms with van der Waals surface area (Å²) in [5, 5.41) is 18.2. The molecule has 0 saturated carbocycles. The van der Waals surface area contributed by atoms with E-state index in [1.54, 1.807) is 19.9 Å². The molecule has 2 atom stereocenters. The van der Waals surface area contributed by atoms with Crippen LogP contribution >= 0.6 is 0 Å². The van der Waals surface area contributed by atoms with E-state index in [-0.39, 0.29) is 48.0 Å². The van der Waals surface area contributed by atoms with E-state index >= 15 is 0 Å². The minimum atomic E-state index is -1.15. The lowest BCUT2D eigenvalue weighted by atomic mass is 10.1. The summed E-state index contributed by atoms with van der Waals surface area (Å²) < 4.78 is 35.0. The first-order chi connectivity index (χ1) is 19.5. The van der Waals surface area contributed by atoms with Crippen LogP contribution < -0.4 is 21.1 Å². The molecule has 1 fully saturated rings. The number of β-amino-alcohol motifs (C(OH)–C–C–N with tert-alkyl or cyclic N) is 1. The van der Waals surface area contributed by atoms with Gasteiger partial charge < -0.3 is 30.8 Å². The van der Waals surface area contributed by atoms with Gasteiger partial charge in [0.05, 0.1) is 31.1 Å². The molecular formula is C27H31F2N7O5. The molecule has 3 aromatic rings. The number of hydrazine groups is 1. The van der Waals surface area contributed by atoms with Crippen molar-refractivity contribution in [3.05, 3.63) is 65.1 Å². The molecule has 218 valence electrons. The average molecular weight is 572 g/mol. The van der Waals surface area contributed by atoms with Crippen LogP contribution in [0.3, 0.4) is 0 Å². The second kappa shape index (κ2) is 11.9. The minimum absolute atomic E-state index is 0.0635. The summed E-state index contributed by atoms with van der Waals surface area (Å²) in [6.07, 6.45) is 0.363. The number of imidazole rings is 1. The Morgan fingerprint density at radius 2 is 1.95 bits per heavy atom. The van der Waals surface area contributed by atoms with Crippen molar-refractivity contribution >= 4 is 23.5 Å². The molecule has 0 unspecified atom stereocenters. The van der Waals surface area contributed by atoms with Crippen molar-refractivity contribution in [2.45, 2.75) is 26.0 Å². The van der Waals surface area contributed by atoms with Crippen LogP contribution in [0.25, 0.3) is 11.3 Å². The van der Waals surface area contributed by atoms with Gasteiger partial charge in [0.15, 0.2) is 17.4 Å².